The van der Waals surface area contributed by atoms with Gasteiger partial charge in [-0.25, -0.2) is 0 Å². The molecule has 0 bridgehead atoms. The quantitative estimate of drug-likeness (QED) is 0.525. The highest BCUT2D eigenvalue weighted by Gasteiger charge is 2.19. The Kier molecular flexibility index (Phi) is 3.32. The number of hydrogen-bond donors (Lipinski definition) is 0. The summed E-state index contributed by atoms with van der Waals surface area (Å²) in [6.07, 6.45) is 0. The summed E-state index contributed by atoms with van der Waals surface area (Å²) in [6, 6.07) is 8.84. The lowest BCUT2D eigenvalue weighted by atomic mass is 9.87. The Labute approximate surface area is 127 Å². The lowest BCUT2D eigenvalue weighted by Gasteiger charge is -2.17. The molecule has 1 heterocycles. The molecule has 3 rings (SSSR count). The monoisotopic (exact) mass is 280 g/mol. The van der Waals surface area contributed by atoms with Crippen LogP contribution in [0, 0.1) is 13.8 Å². The lowest BCUT2D eigenvalue weighted by Crippen LogP contribution is -2.00. The molecule has 0 aliphatic rings. The summed E-state index contributed by atoms with van der Waals surface area (Å²) in [5.74, 6) is 0.996. The largest absolute Gasteiger partial charge is 0.456 e. The van der Waals surface area contributed by atoms with Crippen molar-refractivity contribution in [2.75, 3.05) is 0 Å². The predicted molar refractivity (Wildman–Crippen MR) is 91.4 cm³/mol. The molecule has 0 spiro atoms. The van der Waals surface area contributed by atoms with Crippen LogP contribution in [0.1, 0.15) is 61.8 Å². The van der Waals surface area contributed by atoms with E-state index >= 15 is 0 Å². The molecule has 1 nitrogen and oxygen atoms in total. The first-order valence-corrected chi connectivity index (χ1v) is 7.86. The second-order valence-electron chi connectivity index (χ2n) is 6.79. The van der Waals surface area contributed by atoms with Gasteiger partial charge in [-0.05, 0) is 54.5 Å². The van der Waals surface area contributed by atoms with Crippen molar-refractivity contribution in [3.63, 3.8) is 0 Å². The number of fused-ring (bicyclic) bond motifs is 3. The number of rotatable bonds is 2. The summed E-state index contributed by atoms with van der Waals surface area (Å²) >= 11 is 0. The van der Waals surface area contributed by atoms with Crippen molar-refractivity contribution in [3.05, 3.63) is 46.5 Å². The van der Waals surface area contributed by atoms with Crippen LogP contribution in [-0.4, -0.2) is 0 Å². The third-order valence-corrected chi connectivity index (χ3v) is 4.46. The zero-order chi connectivity index (χ0) is 15.3. The molecule has 3 aromatic rings. The molecule has 21 heavy (non-hydrogen) atoms. The maximum Gasteiger partial charge on any atom is 0.139 e. The van der Waals surface area contributed by atoms with Gasteiger partial charge in [0.25, 0.3) is 0 Å². The van der Waals surface area contributed by atoms with Gasteiger partial charge in [0.15, 0.2) is 0 Å². The van der Waals surface area contributed by atoms with E-state index in [1.807, 2.05) is 0 Å². The predicted octanol–water partition coefficient (Wildman–Crippen LogP) is 6.45. The summed E-state index contributed by atoms with van der Waals surface area (Å²) in [7, 11) is 0. The smallest absolute Gasteiger partial charge is 0.139 e. The van der Waals surface area contributed by atoms with E-state index in [2.05, 4.69) is 65.8 Å². The summed E-state index contributed by atoms with van der Waals surface area (Å²) in [5.41, 5.74) is 7.52. The summed E-state index contributed by atoms with van der Waals surface area (Å²) in [6.45, 7) is 13.4. The van der Waals surface area contributed by atoms with Gasteiger partial charge in [-0.15, -0.1) is 0 Å². The van der Waals surface area contributed by atoms with E-state index < -0.39 is 0 Å². The van der Waals surface area contributed by atoms with Crippen LogP contribution >= 0.6 is 0 Å². The van der Waals surface area contributed by atoms with Crippen LogP contribution in [0.5, 0.6) is 0 Å². The topological polar surface area (TPSA) is 13.1 Å². The van der Waals surface area contributed by atoms with Crippen LogP contribution in [0.4, 0.5) is 0 Å². The fraction of sp³-hybridized carbons (Fsp3) is 0.400. The normalized spacial score (nSPS) is 12.2. The van der Waals surface area contributed by atoms with Gasteiger partial charge in [0.05, 0.1) is 0 Å². The Morgan fingerprint density at radius 3 is 2.19 bits per heavy atom. The van der Waals surface area contributed by atoms with Crippen molar-refractivity contribution in [2.45, 2.75) is 53.4 Å². The van der Waals surface area contributed by atoms with Crippen LogP contribution < -0.4 is 0 Å². The summed E-state index contributed by atoms with van der Waals surface area (Å²) < 4.78 is 6.24. The Balaban J connectivity index is 2.50. The minimum absolute atomic E-state index is 0.466. The standard InChI is InChI=1S/C20H24O/c1-11(2)16-10-17-15-8-7-13(5)9-18(15)21-20(17)19(12(3)4)14(16)6/h7-12H,1-6H3. The van der Waals surface area contributed by atoms with Crippen LogP contribution in [0.15, 0.2) is 28.7 Å². The highest BCUT2D eigenvalue weighted by atomic mass is 16.3. The number of aryl methyl sites for hydroxylation is 1. The molecule has 1 aromatic heterocycles. The fourth-order valence-corrected chi connectivity index (χ4v) is 3.45. The molecule has 110 valence electrons. The number of furan rings is 1. The van der Waals surface area contributed by atoms with Gasteiger partial charge in [-0.1, -0.05) is 39.8 Å². The van der Waals surface area contributed by atoms with Crippen LogP contribution in [0.3, 0.4) is 0 Å². The lowest BCUT2D eigenvalue weighted by molar-refractivity contribution is 0.654. The first kappa shape index (κ1) is 14.2. The second-order valence-corrected chi connectivity index (χ2v) is 6.79. The Morgan fingerprint density at radius 1 is 0.857 bits per heavy atom. The third-order valence-electron chi connectivity index (χ3n) is 4.46. The molecule has 0 N–H and O–H groups in total. The minimum atomic E-state index is 0.466. The van der Waals surface area contributed by atoms with E-state index in [1.54, 1.807) is 0 Å². The van der Waals surface area contributed by atoms with E-state index in [0.29, 0.717) is 11.8 Å². The van der Waals surface area contributed by atoms with Gasteiger partial charge in [-0.2, -0.15) is 0 Å². The van der Waals surface area contributed by atoms with Crippen molar-refractivity contribution in [3.8, 4) is 0 Å². The second kappa shape index (κ2) is 4.91. The highest BCUT2D eigenvalue weighted by Crippen LogP contribution is 2.39. The first-order valence-electron chi connectivity index (χ1n) is 7.86. The first-order chi connectivity index (χ1) is 9.90. The zero-order valence-electron chi connectivity index (χ0n) is 13.9. The van der Waals surface area contributed by atoms with Gasteiger partial charge >= 0.3 is 0 Å². The average molecular weight is 280 g/mol. The SMILES string of the molecule is Cc1ccc2c(c1)oc1c(C(C)C)c(C)c(C(C)C)cc12. The van der Waals surface area contributed by atoms with E-state index in [0.717, 1.165) is 11.2 Å². The van der Waals surface area contributed by atoms with Gasteiger partial charge in [-0.3, -0.25) is 0 Å². The molecule has 0 unspecified atom stereocenters. The minimum Gasteiger partial charge on any atom is -0.456 e. The summed E-state index contributed by atoms with van der Waals surface area (Å²) in [5, 5.41) is 2.50. The molecule has 0 amide bonds. The van der Waals surface area contributed by atoms with Crippen LogP contribution in [0.25, 0.3) is 21.9 Å². The molecule has 0 aliphatic heterocycles. The van der Waals surface area contributed by atoms with Crippen LogP contribution in [0.2, 0.25) is 0 Å². The summed E-state index contributed by atoms with van der Waals surface area (Å²) in [4.78, 5) is 0. The van der Waals surface area contributed by atoms with Crippen molar-refractivity contribution in [1.29, 1.82) is 0 Å². The molecular weight excluding hydrogens is 256 g/mol. The molecular formula is C20H24O. The van der Waals surface area contributed by atoms with Crippen molar-refractivity contribution < 1.29 is 4.42 Å². The van der Waals surface area contributed by atoms with E-state index in [4.69, 9.17) is 4.42 Å². The molecule has 1 heteroatoms. The van der Waals surface area contributed by atoms with Crippen molar-refractivity contribution in [2.24, 2.45) is 0 Å². The average Bonchev–Trinajstić information content (AvgIpc) is 2.73. The number of hydrogen-bond acceptors (Lipinski definition) is 1. The van der Waals surface area contributed by atoms with E-state index in [1.165, 1.54) is 33.0 Å². The van der Waals surface area contributed by atoms with Gasteiger partial charge in [0, 0.05) is 16.3 Å². The van der Waals surface area contributed by atoms with Gasteiger partial charge < -0.3 is 4.42 Å². The fourth-order valence-electron chi connectivity index (χ4n) is 3.45. The third kappa shape index (κ3) is 2.16. The maximum absolute atomic E-state index is 6.24. The molecule has 0 aliphatic carbocycles. The molecule has 2 aromatic carbocycles. The highest BCUT2D eigenvalue weighted by molar-refractivity contribution is 6.06. The number of benzene rings is 2. The molecule has 0 saturated carbocycles. The van der Waals surface area contributed by atoms with Crippen molar-refractivity contribution in [1.82, 2.24) is 0 Å². The molecule has 0 atom stereocenters. The molecule has 0 saturated heterocycles. The van der Waals surface area contributed by atoms with E-state index in [-0.39, 0.29) is 0 Å². The van der Waals surface area contributed by atoms with Gasteiger partial charge in [0.1, 0.15) is 11.2 Å². The Hall–Kier alpha value is -1.76. The van der Waals surface area contributed by atoms with Crippen LogP contribution in [-0.2, 0) is 0 Å². The van der Waals surface area contributed by atoms with Gasteiger partial charge in [0.2, 0.25) is 0 Å². The molecule has 0 radical (unpaired) electrons. The van der Waals surface area contributed by atoms with E-state index in [9.17, 15) is 0 Å². The molecule has 0 fully saturated rings. The maximum atomic E-state index is 6.24. The zero-order valence-corrected chi connectivity index (χ0v) is 13.9. The Bertz CT molecular complexity index is 819. The Morgan fingerprint density at radius 2 is 1.57 bits per heavy atom. The van der Waals surface area contributed by atoms with Crippen molar-refractivity contribution >= 4 is 21.9 Å².